The molecule has 134 valence electrons. The summed E-state index contributed by atoms with van der Waals surface area (Å²) in [5.41, 5.74) is 8.40. The van der Waals surface area contributed by atoms with Gasteiger partial charge in [0.2, 0.25) is 0 Å². The number of rotatable bonds is 3. The molecular formula is C17H22BrClN6. The van der Waals surface area contributed by atoms with E-state index in [1.165, 1.54) is 6.33 Å². The summed E-state index contributed by atoms with van der Waals surface area (Å²) in [7, 11) is 2.18. The SMILES string of the molecule is C[C@@H]1CN(c2ccc(Br)cc2Nc2ncnc(Cl)c2N)C[C@H](C)N1C. The zero-order chi connectivity index (χ0) is 18.1. The molecule has 3 rings (SSSR count). The van der Waals surface area contributed by atoms with Gasteiger partial charge >= 0.3 is 0 Å². The molecule has 2 aromatic rings. The molecule has 0 saturated carbocycles. The molecule has 8 heteroatoms. The Bertz CT molecular complexity index is 759. The molecule has 1 saturated heterocycles. The fourth-order valence-electron chi connectivity index (χ4n) is 3.09. The van der Waals surface area contributed by atoms with E-state index in [1.54, 1.807) is 0 Å². The van der Waals surface area contributed by atoms with Crippen LogP contribution in [0.15, 0.2) is 29.0 Å². The number of nitrogens with one attached hydrogen (secondary N) is 1. The summed E-state index contributed by atoms with van der Waals surface area (Å²) in [6.07, 6.45) is 1.40. The summed E-state index contributed by atoms with van der Waals surface area (Å²) >= 11 is 9.56. The molecule has 0 radical (unpaired) electrons. The molecule has 1 aliphatic heterocycles. The van der Waals surface area contributed by atoms with Crippen LogP contribution in [0.3, 0.4) is 0 Å². The summed E-state index contributed by atoms with van der Waals surface area (Å²) < 4.78 is 0.979. The van der Waals surface area contributed by atoms with E-state index >= 15 is 0 Å². The van der Waals surface area contributed by atoms with Crippen LogP contribution in [0.5, 0.6) is 0 Å². The normalized spacial score (nSPS) is 21.4. The molecule has 0 bridgehead atoms. The van der Waals surface area contributed by atoms with Gasteiger partial charge in [-0.1, -0.05) is 27.5 Å². The molecule has 1 aliphatic rings. The minimum atomic E-state index is 0.246. The van der Waals surface area contributed by atoms with E-state index in [1.807, 2.05) is 12.1 Å². The van der Waals surface area contributed by atoms with Crippen molar-refractivity contribution in [3.05, 3.63) is 34.2 Å². The van der Waals surface area contributed by atoms with E-state index in [4.69, 9.17) is 17.3 Å². The van der Waals surface area contributed by atoms with Crippen LogP contribution in [0, 0.1) is 0 Å². The summed E-state index contributed by atoms with van der Waals surface area (Å²) in [5.74, 6) is 0.509. The van der Waals surface area contributed by atoms with Crippen molar-refractivity contribution >= 4 is 50.4 Å². The van der Waals surface area contributed by atoms with Crippen molar-refractivity contribution < 1.29 is 0 Å². The molecule has 6 nitrogen and oxygen atoms in total. The second-order valence-electron chi connectivity index (χ2n) is 6.48. The minimum Gasteiger partial charge on any atom is -0.393 e. The minimum absolute atomic E-state index is 0.246. The van der Waals surface area contributed by atoms with Crippen LogP contribution in [-0.4, -0.2) is 47.1 Å². The fraction of sp³-hybridized carbons (Fsp3) is 0.412. The average Bonchev–Trinajstić information content (AvgIpc) is 2.56. The second kappa shape index (κ2) is 7.35. The number of aromatic nitrogens is 2. The quantitative estimate of drug-likeness (QED) is 0.730. The summed E-state index contributed by atoms with van der Waals surface area (Å²) in [5, 5.41) is 3.56. The number of nitrogen functional groups attached to an aromatic ring is 1. The van der Waals surface area contributed by atoms with Crippen molar-refractivity contribution in [1.29, 1.82) is 0 Å². The maximum absolute atomic E-state index is 6.01. The molecule has 2 heterocycles. The lowest BCUT2D eigenvalue weighted by atomic mass is 10.1. The molecule has 0 spiro atoms. The Balaban J connectivity index is 1.95. The Morgan fingerprint density at radius 3 is 2.60 bits per heavy atom. The Labute approximate surface area is 161 Å². The average molecular weight is 426 g/mol. The van der Waals surface area contributed by atoms with Crippen LogP contribution < -0.4 is 16.0 Å². The summed E-state index contributed by atoms with van der Waals surface area (Å²) in [6, 6.07) is 7.12. The van der Waals surface area contributed by atoms with Gasteiger partial charge in [0.15, 0.2) is 11.0 Å². The van der Waals surface area contributed by atoms with Crippen LogP contribution >= 0.6 is 27.5 Å². The molecule has 1 fully saturated rings. The number of likely N-dealkylation sites (N-methyl/N-ethyl adjacent to an activating group) is 1. The monoisotopic (exact) mass is 424 g/mol. The third-order valence-corrected chi connectivity index (χ3v) is 5.54. The maximum atomic E-state index is 6.01. The number of anilines is 4. The Morgan fingerprint density at radius 1 is 1.24 bits per heavy atom. The van der Waals surface area contributed by atoms with Gasteiger partial charge in [-0.2, -0.15) is 0 Å². The number of nitrogens with two attached hydrogens (primary N) is 1. The molecule has 0 aliphatic carbocycles. The van der Waals surface area contributed by atoms with Gasteiger partial charge in [-0.25, -0.2) is 9.97 Å². The number of hydrogen-bond donors (Lipinski definition) is 2. The highest BCUT2D eigenvalue weighted by Crippen LogP contribution is 2.35. The van der Waals surface area contributed by atoms with E-state index in [2.05, 4.69) is 68.0 Å². The van der Waals surface area contributed by atoms with Gasteiger partial charge in [0.1, 0.15) is 12.0 Å². The number of hydrogen-bond acceptors (Lipinski definition) is 6. The molecule has 3 N–H and O–H groups in total. The third kappa shape index (κ3) is 3.83. The van der Waals surface area contributed by atoms with Gasteiger partial charge < -0.3 is 16.0 Å². The zero-order valence-electron chi connectivity index (χ0n) is 14.5. The summed E-state index contributed by atoms with van der Waals surface area (Å²) in [4.78, 5) is 12.9. The van der Waals surface area contributed by atoms with Gasteiger partial charge in [-0.15, -0.1) is 0 Å². The summed E-state index contributed by atoms with van der Waals surface area (Å²) in [6.45, 7) is 6.40. The molecule has 1 aromatic heterocycles. The Hall–Kier alpha value is -1.57. The van der Waals surface area contributed by atoms with Gasteiger partial charge in [0, 0.05) is 29.6 Å². The molecule has 0 unspecified atom stereocenters. The zero-order valence-corrected chi connectivity index (χ0v) is 16.8. The molecule has 0 amide bonds. The highest BCUT2D eigenvalue weighted by Gasteiger charge is 2.28. The first-order chi connectivity index (χ1) is 11.9. The van der Waals surface area contributed by atoms with E-state index in [-0.39, 0.29) is 5.15 Å². The van der Waals surface area contributed by atoms with E-state index in [0.717, 1.165) is 28.9 Å². The van der Waals surface area contributed by atoms with Crippen LogP contribution in [0.25, 0.3) is 0 Å². The van der Waals surface area contributed by atoms with Crippen molar-refractivity contribution in [3.63, 3.8) is 0 Å². The first-order valence-corrected chi connectivity index (χ1v) is 9.33. The largest absolute Gasteiger partial charge is 0.393 e. The van der Waals surface area contributed by atoms with Crippen LogP contribution in [0.2, 0.25) is 5.15 Å². The van der Waals surface area contributed by atoms with Crippen molar-refractivity contribution in [3.8, 4) is 0 Å². The first kappa shape index (κ1) is 18.2. The molecule has 1 aromatic carbocycles. The number of halogens is 2. The van der Waals surface area contributed by atoms with E-state index in [0.29, 0.717) is 23.6 Å². The molecule has 25 heavy (non-hydrogen) atoms. The first-order valence-electron chi connectivity index (χ1n) is 8.16. The number of nitrogens with zero attached hydrogens (tertiary/aromatic N) is 4. The Morgan fingerprint density at radius 2 is 1.92 bits per heavy atom. The van der Waals surface area contributed by atoms with Crippen LogP contribution in [-0.2, 0) is 0 Å². The fourth-order valence-corrected chi connectivity index (χ4v) is 3.58. The van der Waals surface area contributed by atoms with Crippen molar-refractivity contribution in [2.75, 3.05) is 36.1 Å². The van der Waals surface area contributed by atoms with Gasteiger partial charge in [0.25, 0.3) is 0 Å². The number of benzene rings is 1. The lowest BCUT2D eigenvalue weighted by Gasteiger charge is -2.44. The van der Waals surface area contributed by atoms with Crippen molar-refractivity contribution in [2.24, 2.45) is 0 Å². The van der Waals surface area contributed by atoms with Gasteiger partial charge in [0.05, 0.1) is 11.4 Å². The highest BCUT2D eigenvalue weighted by atomic mass is 79.9. The lowest BCUT2D eigenvalue weighted by Crippen LogP contribution is -2.55. The van der Waals surface area contributed by atoms with Crippen molar-refractivity contribution in [1.82, 2.24) is 14.9 Å². The highest BCUT2D eigenvalue weighted by molar-refractivity contribution is 9.10. The number of piperazine rings is 1. The van der Waals surface area contributed by atoms with Crippen LogP contribution in [0.1, 0.15) is 13.8 Å². The predicted molar refractivity (Wildman–Crippen MR) is 108 cm³/mol. The van der Waals surface area contributed by atoms with Crippen LogP contribution in [0.4, 0.5) is 22.9 Å². The predicted octanol–water partition coefficient (Wildman–Crippen LogP) is 3.75. The topological polar surface area (TPSA) is 70.3 Å². The smallest absolute Gasteiger partial charge is 0.158 e. The van der Waals surface area contributed by atoms with Gasteiger partial charge in [-0.05, 0) is 39.1 Å². The molecular weight excluding hydrogens is 404 g/mol. The standard InChI is InChI=1S/C17H22BrClN6/c1-10-7-25(8-11(2)24(10)3)14-5-4-12(18)6-13(14)23-17-15(20)16(19)21-9-22-17/h4-6,9-11H,7-8,20H2,1-3H3,(H,21,22,23)/t10-,11+. The van der Waals surface area contributed by atoms with Crippen molar-refractivity contribution in [2.45, 2.75) is 25.9 Å². The molecule has 2 atom stereocenters. The second-order valence-corrected chi connectivity index (χ2v) is 7.76. The van der Waals surface area contributed by atoms with E-state index < -0.39 is 0 Å². The lowest BCUT2D eigenvalue weighted by molar-refractivity contribution is 0.170. The maximum Gasteiger partial charge on any atom is 0.158 e. The Kier molecular flexibility index (Phi) is 5.36. The third-order valence-electron chi connectivity index (χ3n) is 4.75. The van der Waals surface area contributed by atoms with E-state index in [9.17, 15) is 0 Å². The van der Waals surface area contributed by atoms with Gasteiger partial charge in [-0.3, -0.25) is 4.90 Å².